The average Bonchev–Trinajstić information content (AvgIpc) is 4.15. The zero-order valence-electron chi connectivity index (χ0n) is 31.5. The van der Waals surface area contributed by atoms with Gasteiger partial charge in [0.25, 0.3) is 0 Å². The summed E-state index contributed by atoms with van der Waals surface area (Å²) in [6.07, 6.45) is 12.7. The molecule has 0 aliphatic heterocycles. The molecule has 0 unspecified atom stereocenters. The molecule has 4 aromatic heterocycles. The van der Waals surface area contributed by atoms with E-state index in [4.69, 9.17) is 10.2 Å². The van der Waals surface area contributed by atoms with Crippen molar-refractivity contribution >= 4 is 23.1 Å². The summed E-state index contributed by atoms with van der Waals surface area (Å²) in [6.45, 7) is 0. The Bertz CT molecular complexity index is 1990. The molecule has 4 heterocycles. The Hall–Kier alpha value is -8.04. The molecule has 0 aliphatic carbocycles. The van der Waals surface area contributed by atoms with Crippen LogP contribution in [0.5, 0.6) is 0 Å². The molecular formula is C42H38N12O4Zn. The number of rotatable bonds is 6. The van der Waals surface area contributed by atoms with Gasteiger partial charge >= 0.3 is 11.9 Å². The quantitative estimate of drug-likeness (QED) is 0.0733. The van der Waals surface area contributed by atoms with E-state index >= 15 is 0 Å². The molecular weight excluding hydrogens is 802 g/mol. The molecule has 9 aromatic rings. The number of benzene rings is 5. The Labute approximate surface area is 351 Å². The topological polar surface area (TPSA) is 241 Å². The molecule has 0 saturated carbocycles. The van der Waals surface area contributed by atoms with Gasteiger partial charge in [-0.3, -0.25) is 0 Å². The van der Waals surface area contributed by atoms with Crippen LogP contribution in [-0.2, 0) is 19.5 Å². The van der Waals surface area contributed by atoms with Gasteiger partial charge in [-0.1, -0.05) is 121 Å². The molecule has 0 aliphatic rings. The van der Waals surface area contributed by atoms with Crippen LogP contribution in [0.4, 0.5) is 0 Å². The molecule has 6 N–H and O–H groups in total. The minimum atomic E-state index is -1.06. The first-order valence-corrected chi connectivity index (χ1v) is 17.3. The van der Waals surface area contributed by atoms with E-state index < -0.39 is 11.9 Å². The van der Waals surface area contributed by atoms with E-state index in [9.17, 15) is 9.59 Å². The van der Waals surface area contributed by atoms with Crippen molar-refractivity contribution in [3.63, 3.8) is 0 Å². The van der Waals surface area contributed by atoms with E-state index in [1.165, 1.54) is 57.7 Å². The van der Waals surface area contributed by atoms with Crippen LogP contribution in [0, 0.1) is 0 Å². The first-order chi connectivity index (χ1) is 28.5. The number of nitrogens with zero attached hydrogens (tertiary/aromatic N) is 8. The van der Waals surface area contributed by atoms with Crippen LogP contribution in [0.2, 0.25) is 0 Å². The second-order valence-corrected chi connectivity index (χ2v) is 11.0. The number of hydrogen-bond donors (Lipinski definition) is 6. The molecule has 16 nitrogen and oxygen atoms in total. The second kappa shape index (κ2) is 27.5. The molecule has 0 atom stereocenters. The normalized spacial score (nSPS) is 9.15. The first kappa shape index (κ1) is 45.4. The number of carbonyl (C=O) groups is 2. The summed E-state index contributed by atoms with van der Waals surface area (Å²) in [4.78, 5) is 20.7. The monoisotopic (exact) mass is 838 g/mol. The minimum absolute atomic E-state index is 0. The SMILES string of the molecule is O=C(O)c1ccc(C(=O)O)cc1.[Zn].c1ccc(C(=C(c2ccccc2)c2ccccc2)c2ccccc2)cc1.c1cn[nH]n1.c1cn[nH]n1.c1cn[nH]n1.c1cn[nH]n1. The van der Waals surface area contributed by atoms with Gasteiger partial charge < -0.3 is 10.2 Å². The van der Waals surface area contributed by atoms with Crippen LogP contribution in [-0.4, -0.2) is 83.8 Å². The Balaban J connectivity index is 0.000000229. The van der Waals surface area contributed by atoms with Gasteiger partial charge in [0.05, 0.1) is 60.7 Å². The predicted molar refractivity (Wildman–Crippen MR) is 217 cm³/mol. The molecule has 0 spiro atoms. The third kappa shape index (κ3) is 17.1. The molecule has 5 aromatic carbocycles. The van der Waals surface area contributed by atoms with Crippen molar-refractivity contribution in [1.29, 1.82) is 0 Å². The second-order valence-electron chi connectivity index (χ2n) is 11.0. The average molecular weight is 840 g/mol. The van der Waals surface area contributed by atoms with Crippen LogP contribution < -0.4 is 0 Å². The summed E-state index contributed by atoms with van der Waals surface area (Å²) in [5.74, 6) is -2.13. The number of aromatic amines is 4. The van der Waals surface area contributed by atoms with Crippen LogP contribution >= 0.6 is 0 Å². The van der Waals surface area contributed by atoms with E-state index in [0.29, 0.717) is 0 Å². The molecule has 17 heteroatoms. The van der Waals surface area contributed by atoms with Gasteiger partial charge in [0.2, 0.25) is 0 Å². The van der Waals surface area contributed by atoms with Crippen LogP contribution in [0.1, 0.15) is 43.0 Å². The molecule has 9 rings (SSSR count). The summed E-state index contributed by atoms with van der Waals surface area (Å²) in [5.41, 5.74) is 7.57. The largest absolute Gasteiger partial charge is 0.478 e. The number of carboxylic acid groups (broad SMARTS) is 2. The Morgan fingerprint density at radius 1 is 0.305 bits per heavy atom. The summed E-state index contributed by atoms with van der Waals surface area (Å²) < 4.78 is 0. The van der Waals surface area contributed by atoms with Gasteiger partial charge in [-0.15, -0.1) is 0 Å². The van der Waals surface area contributed by atoms with Gasteiger partial charge in [0.1, 0.15) is 0 Å². The predicted octanol–water partition coefficient (Wildman–Crippen LogP) is 6.99. The standard InChI is InChI=1S/C26H20.C8H6O4.4C2H3N3.Zn/c1-5-13-21(14-6-1)25(22-15-7-2-8-16-22)26(23-17-9-3-10-18-23)24-19-11-4-12-20-24;9-7(10)5-1-2-6(4-3-5)8(11)12;4*1-2-4-5-3-1;/h1-20H;1-4H,(H,9,10)(H,11,12);4*1-2H,(H,3,4,5);. The molecule has 0 saturated heterocycles. The van der Waals surface area contributed by atoms with Crippen LogP contribution in [0.3, 0.4) is 0 Å². The maximum Gasteiger partial charge on any atom is 0.335 e. The summed E-state index contributed by atoms with van der Waals surface area (Å²) in [7, 11) is 0. The summed E-state index contributed by atoms with van der Waals surface area (Å²) in [6, 6.07) is 47.6. The maximum absolute atomic E-state index is 10.3. The third-order valence-corrected chi connectivity index (χ3v) is 7.20. The summed E-state index contributed by atoms with van der Waals surface area (Å²) >= 11 is 0. The van der Waals surface area contributed by atoms with Crippen molar-refractivity contribution in [1.82, 2.24) is 61.6 Å². The van der Waals surface area contributed by atoms with Gasteiger partial charge in [0.15, 0.2) is 0 Å². The number of nitrogens with one attached hydrogen (secondary N) is 4. The number of carboxylic acids is 2. The van der Waals surface area contributed by atoms with Crippen LogP contribution in [0.25, 0.3) is 11.1 Å². The zero-order chi connectivity index (χ0) is 40.9. The molecule has 0 radical (unpaired) electrons. The van der Waals surface area contributed by atoms with E-state index in [0.717, 1.165) is 0 Å². The van der Waals surface area contributed by atoms with Crippen molar-refractivity contribution in [2.24, 2.45) is 0 Å². The van der Waals surface area contributed by atoms with Crippen molar-refractivity contribution < 1.29 is 39.3 Å². The van der Waals surface area contributed by atoms with E-state index in [2.05, 4.69) is 183 Å². The first-order valence-electron chi connectivity index (χ1n) is 17.3. The number of aromatic nitrogens is 12. The van der Waals surface area contributed by atoms with Crippen molar-refractivity contribution in [3.05, 3.63) is 229 Å². The third-order valence-electron chi connectivity index (χ3n) is 7.20. The fraction of sp³-hybridized carbons (Fsp3) is 0. The molecule has 0 amide bonds. The van der Waals surface area contributed by atoms with Crippen molar-refractivity contribution in [2.75, 3.05) is 0 Å². The van der Waals surface area contributed by atoms with E-state index in [-0.39, 0.29) is 30.6 Å². The Morgan fingerprint density at radius 3 is 0.627 bits per heavy atom. The van der Waals surface area contributed by atoms with E-state index in [1.807, 2.05) is 0 Å². The maximum atomic E-state index is 10.3. The number of H-pyrrole nitrogens is 4. The Kier molecular flexibility index (Phi) is 21.2. The van der Waals surface area contributed by atoms with Gasteiger partial charge in [-0.05, 0) is 57.7 Å². The minimum Gasteiger partial charge on any atom is -0.478 e. The van der Waals surface area contributed by atoms with Crippen LogP contribution in [0.15, 0.2) is 195 Å². The zero-order valence-corrected chi connectivity index (χ0v) is 34.4. The van der Waals surface area contributed by atoms with Gasteiger partial charge in [-0.2, -0.15) is 61.6 Å². The number of aromatic carboxylic acids is 2. The molecule has 0 bridgehead atoms. The van der Waals surface area contributed by atoms with Crippen molar-refractivity contribution in [3.8, 4) is 0 Å². The molecule has 292 valence electrons. The molecule has 59 heavy (non-hydrogen) atoms. The fourth-order valence-electron chi connectivity index (χ4n) is 4.75. The van der Waals surface area contributed by atoms with Gasteiger partial charge in [-0.25, -0.2) is 9.59 Å². The fourth-order valence-corrected chi connectivity index (χ4v) is 4.75. The molecule has 0 fully saturated rings. The summed E-state index contributed by atoms with van der Waals surface area (Å²) in [5, 5.41) is 54.3. The Morgan fingerprint density at radius 2 is 0.492 bits per heavy atom. The van der Waals surface area contributed by atoms with Crippen molar-refractivity contribution in [2.45, 2.75) is 0 Å². The smallest absolute Gasteiger partial charge is 0.335 e. The number of hydrogen-bond acceptors (Lipinski definition) is 10. The van der Waals surface area contributed by atoms with Gasteiger partial charge in [0, 0.05) is 19.5 Å². The van der Waals surface area contributed by atoms with E-state index in [1.54, 1.807) is 49.6 Å².